The summed E-state index contributed by atoms with van der Waals surface area (Å²) in [5, 5.41) is 10.3. The molecule has 1 heterocycles. The molecule has 1 aliphatic heterocycles. The summed E-state index contributed by atoms with van der Waals surface area (Å²) in [5.74, 6) is -0.653. The summed E-state index contributed by atoms with van der Waals surface area (Å²) in [6.45, 7) is -0.159. The molecule has 0 saturated carbocycles. The molecule has 25 heavy (non-hydrogen) atoms. The molecule has 124 valence electrons. The van der Waals surface area contributed by atoms with Crippen molar-refractivity contribution in [3.63, 3.8) is 0 Å². The summed E-state index contributed by atoms with van der Waals surface area (Å²) < 4.78 is 5.31. The second-order valence-electron chi connectivity index (χ2n) is 5.10. The van der Waals surface area contributed by atoms with Crippen LogP contribution in [0.25, 0.3) is 6.08 Å². The van der Waals surface area contributed by atoms with Gasteiger partial charge in [-0.3, -0.25) is 15.0 Å². The molecule has 0 radical (unpaired) electrons. The first-order chi connectivity index (χ1) is 12.1. The number of nitriles is 1. The van der Waals surface area contributed by atoms with Crippen LogP contribution in [-0.2, 0) is 9.59 Å². The smallest absolute Gasteiger partial charge is 0.282 e. The van der Waals surface area contributed by atoms with E-state index in [1.807, 2.05) is 12.1 Å². The molecule has 1 aliphatic rings. The van der Waals surface area contributed by atoms with Crippen LogP contribution in [-0.4, -0.2) is 18.4 Å². The number of nitrogens with one attached hydrogen (secondary N) is 1. The Morgan fingerprint density at radius 3 is 2.68 bits per heavy atom. The predicted octanol–water partition coefficient (Wildman–Crippen LogP) is 2.70. The minimum atomic E-state index is -0.528. The van der Waals surface area contributed by atoms with E-state index in [4.69, 9.17) is 21.6 Å². The number of halogens is 1. The van der Waals surface area contributed by atoms with Gasteiger partial charge in [-0.25, -0.2) is 5.01 Å². The highest BCUT2D eigenvalue weighted by Gasteiger charge is 2.34. The van der Waals surface area contributed by atoms with Gasteiger partial charge < -0.3 is 4.74 Å². The highest BCUT2D eigenvalue weighted by Crippen LogP contribution is 2.27. The van der Waals surface area contributed by atoms with E-state index in [9.17, 15) is 9.59 Å². The van der Waals surface area contributed by atoms with Crippen molar-refractivity contribution < 1.29 is 14.3 Å². The van der Waals surface area contributed by atoms with Gasteiger partial charge in [0.15, 0.2) is 6.61 Å². The van der Waals surface area contributed by atoms with Gasteiger partial charge in [0.25, 0.3) is 11.8 Å². The number of carbonyl (C=O) groups is 2. The van der Waals surface area contributed by atoms with Crippen LogP contribution in [0.1, 0.15) is 5.56 Å². The molecule has 0 atom stereocenters. The number of hydrogen-bond donors (Lipinski definition) is 1. The number of carbonyl (C=O) groups excluding carboxylic acids is 2. The third-order valence-corrected chi connectivity index (χ3v) is 3.70. The number of hydrazine groups is 1. The van der Waals surface area contributed by atoms with Crippen molar-refractivity contribution in [3.05, 3.63) is 64.7 Å². The van der Waals surface area contributed by atoms with E-state index in [0.29, 0.717) is 22.0 Å². The summed E-state index contributed by atoms with van der Waals surface area (Å²) in [7, 11) is 0. The van der Waals surface area contributed by atoms with Crippen molar-refractivity contribution in [1.82, 2.24) is 5.43 Å². The number of amides is 2. The summed E-state index contributed by atoms with van der Waals surface area (Å²) in [4.78, 5) is 24.8. The van der Waals surface area contributed by atoms with Gasteiger partial charge in [-0.1, -0.05) is 29.8 Å². The van der Waals surface area contributed by atoms with Crippen molar-refractivity contribution in [3.8, 4) is 11.8 Å². The molecule has 1 saturated heterocycles. The van der Waals surface area contributed by atoms with Gasteiger partial charge >= 0.3 is 0 Å². The molecule has 0 spiro atoms. The maximum absolute atomic E-state index is 12.6. The fraction of sp³-hybridized carbons (Fsp3) is 0.0556. The Morgan fingerprint density at radius 1 is 1.20 bits per heavy atom. The van der Waals surface area contributed by atoms with Gasteiger partial charge in [0, 0.05) is 10.6 Å². The molecule has 6 nitrogen and oxygen atoms in total. The minimum absolute atomic E-state index is 0.0482. The second kappa shape index (κ2) is 7.07. The van der Waals surface area contributed by atoms with Crippen LogP contribution in [0.5, 0.6) is 5.75 Å². The molecule has 0 aliphatic carbocycles. The number of rotatable bonds is 4. The summed E-state index contributed by atoms with van der Waals surface area (Å²) in [6, 6.07) is 15.4. The van der Waals surface area contributed by atoms with E-state index >= 15 is 0 Å². The zero-order chi connectivity index (χ0) is 17.8. The SMILES string of the molecule is N#CCOc1ccc(Cl)cc1/C=C1/C(=O)NN(c2ccccc2)C1=O. The van der Waals surface area contributed by atoms with E-state index in [1.54, 1.807) is 42.5 Å². The molecule has 3 rings (SSSR count). The zero-order valence-corrected chi connectivity index (χ0v) is 13.7. The third kappa shape index (κ3) is 3.47. The van der Waals surface area contributed by atoms with Gasteiger partial charge in [-0.05, 0) is 36.4 Å². The van der Waals surface area contributed by atoms with E-state index < -0.39 is 11.8 Å². The Hall–Kier alpha value is -3.30. The normalized spacial score (nSPS) is 15.2. The first-order valence-electron chi connectivity index (χ1n) is 7.31. The Bertz CT molecular complexity index is 904. The average molecular weight is 354 g/mol. The van der Waals surface area contributed by atoms with Gasteiger partial charge in [0.05, 0.1) is 5.69 Å². The highest BCUT2D eigenvalue weighted by molar-refractivity contribution is 6.32. The Kier molecular flexibility index (Phi) is 4.68. The van der Waals surface area contributed by atoms with Crippen molar-refractivity contribution in [2.75, 3.05) is 11.6 Å². The fourth-order valence-corrected chi connectivity index (χ4v) is 2.53. The maximum Gasteiger partial charge on any atom is 0.282 e. The second-order valence-corrected chi connectivity index (χ2v) is 5.54. The first-order valence-corrected chi connectivity index (χ1v) is 7.69. The van der Waals surface area contributed by atoms with Crippen LogP contribution in [0.2, 0.25) is 5.02 Å². The molecule has 0 bridgehead atoms. The van der Waals surface area contributed by atoms with E-state index in [-0.39, 0.29) is 12.2 Å². The molecule has 1 fully saturated rings. The van der Waals surface area contributed by atoms with Crippen molar-refractivity contribution in [2.24, 2.45) is 0 Å². The Morgan fingerprint density at radius 2 is 1.96 bits per heavy atom. The maximum atomic E-state index is 12.6. The number of benzene rings is 2. The van der Waals surface area contributed by atoms with E-state index in [1.165, 1.54) is 11.1 Å². The predicted molar refractivity (Wildman–Crippen MR) is 92.6 cm³/mol. The number of nitrogens with zero attached hydrogens (tertiary/aromatic N) is 2. The minimum Gasteiger partial charge on any atom is -0.478 e. The molecular formula is C18H12ClN3O3. The molecular weight excluding hydrogens is 342 g/mol. The molecule has 1 N–H and O–H groups in total. The lowest BCUT2D eigenvalue weighted by molar-refractivity contribution is -0.117. The fourth-order valence-electron chi connectivity index (χ4n) is 2.35. The molecule has 0 aromatic heterocycles. The lowest BCUT2D eigenvalue weighted by atomic mass is 10.1. The topological polar surface area (TPSA) is 82.4 Å². The van der Waals surface area contributed by atoms with Gasteiger partial charge in [-0.2, -0.15) is 5.26 Å². The van der Waals surface area contributed by atoms with Crippen LogP contribution in [0.3, 0.4) is 0 Å². The largest absolute Gasteiger partial charge is 0.478 e. The van der Waals surface area contributed by atoms with E-state index in [2.05, 4.69) is 5.43 Å². The standard InChI is InChI=1S/C18H12ClN3O3/c19-13-6-7-16(25-9-8-20)12(10-13)11-15-17(23)21-22(18(15)24)14-4-2-1-3-5-14/h1-7,10-11H,9H2,(H,21,23)/b15-11-. The molecule has 7 heteroatoms. The quantitative estimate of drug-likeness (QED) is 0.676. The van der Waals surface area contributed by atoms with Crippen LogP contribution in [0.15, 0.2) is 54.1 Å². The monoisotopic (exact) mass is 353 g/mol. The van der Waals surface area contributed by atoms with Crippen molar-refractivity contribution in [2.45, 2.75) is 0 Å². The van der Waals surface area contributed by atoms with Crippen LogP contribution in [0.4, 0.5) is 5.69 Å². The summed E-state index contributed by atoms with van der Waals surface area (Å²) in [5.41, 5.74) is 3.46. The lowest BCUT2D eigenvalue weighted by Gasteiger charge is -2.13. The van der Waals surface area contributed by atoms with Gasteiger partial charge in [-0.15, -0.1) is 0 Å². The summed E-state index contributed by atoms with van der Waals surface area (Å²) >= 11 is 5.99. The summed E-state index contributed by atoms with van der Waals surface area (Å²) in [6.07, 6.45) is 1.40. The molecule has 0 unspecified atom stereocenters. The van der Waals surface area contributed by atoms with Crippen molar-refractivity contribution >= 4 is 35.2 Å². The average Bonchev–Trinajstić information content (AvgIpc) is 2.90. The van der Waals surface area contributed by atoms with E-state index in [0.717, 1.165) is 0 Å². The number of para-hydroxylation sites is 1. The molecule has 2 amide bonds. The number of ether oxygens (including phenoxy) is 1. The Labute approximate surface area is 148 Å². The number of hydrogen-bond acceptors (Lipinski definition) is 4. The zero-order valence-electron chi connectivity index (χ0n) is 12.9. The lowest BCUT2D eigenvalue weighted by Crippen LogP contribution is -2.35. The number of anilines is 1. The van der Waals surface area contributed by atoms with Gasteiger partial charge in [0.1, 0.15) is 17.4 Å². The first kappa shape index (κ1) is 16.6. The van der Waals surface area contributed by atoms with Gasteiger partial charge in [0.2, 0.25) is 0 Å². The van der Waals surface area contributed by atoms with Crippen LogP contribution in [0, 0.1) is 11.3 Å². The van der Waals surface area contributed by atoms with Crippen molar-refractivity contribution in [1.29, 1.82) is 5.26 Å². The Balaban J connectivity index is 1.96. The molecule has 2 aromatic rings. The third-order valence-electron chi connectivity index (χ3n) is 3.47. The highest BCUT2D eigenvalue weighted by atomic mass is 35.5. The van der Waals surface area contributed by atoms with Crippen LogP contribution >= 0.6 is 11.6 Å². The van der Waals surface area contributed by atoms with Crippen LogP contribution < -0.4 is 15.2 Å². The molecule has 2 aromatic carbocycles.